The molecule has 3 heterocycles. The average molecular weight is 331 g/mol. The van der Waals surface area contributed by atoms with Crippen molar-refractivity contribution in [1.29, 1.82) is 0 Å². The molecule has 1 aliphatic heterocycles. The lowest BCUT2D eigenvalue weighted by Crippen LogP contribution is -2.41. The Balaban J connectivity index is 1.61. The number of hydrogen-bond acceptors (Lipinski definition) is 4. The van der Waals surface area contributed by atoms with Gasteiger partial charge in [-0.15, -0.1) is 0 Å². The number of aliphatic hydroxyl groups is 1. The Morgan fingerprint density at radius 1 is 1.21 bits per heavy atom. The van der Waals surface area contributed by atoms with Crippen LogP contribution in [0.1, 0.15) is 56.1 Å². The Morgan fingerprint density at radius 2 is 2.04 bits per heavy atom. The number of furan rings is 2. The van der Waals surface area contributed by atoms with Crippen LogP contribution >= 0.6 is 0 Å². The quantitative estimate of drug-likeness (QED) is 0.876. The molecule has 1 fully saturated rings. The molecular formula is C19H25NO4. The Morgan fingerprint density at radius 3 is 2.79 bits per heavy atom. The number of rotatable bonds is 6. The lowest BCUT2D eigenvalue weighted by Gasteiger charge is -2.31. The summed E-state index contributed by atoms with van der Waals surface area (Å²) >= 11 is 0. The van der Waals surface area contributed by atoms with Gasteiger partial charge in [-0.3, -0.25) is 4.79 Å². The highest BCUT2D eigenvalue weighted by Crippen LogP contribution is 2.27. The predicted molar refractivity (Wildman–Crippen MR) is 89.3 cm³/mol. The summed E-state index contributed by atoms with van der Waals surface area (Å²) in [6.07, 6.45) is 8.32. The van der Waals surface area contributed by atoms with E-state index in [4.69, 9.17) is 8.83 Å². The lowest BCUT2D eigenvalue weighted by molar-refractivity contribution is -0.134. The van der Waals surface area contributed by atoms with Gasteiger partial charge in [-0.05, 0) is 37.1 Å². The van der Waals surface area contributed by atoms with Gasteiger partial charge in [-0.2, -0.15) is 0 Å². The third-order valence-electron chi connectivity index (χ3n) is 4.73. The Labute approximate surface area is 142 Å². The molecule has 5 heteroatoms. The maximum atomic E-state index is 12.7. The van der Waals surface area contributed by atoms with Gasteiger partial charge in [0.2, 0.25) is 5.91 Å². The van der Waals surface area contributed by atoms with Crippen molar-refractivity contribution in [2.75, 3.05) is 6.54 Å². The van der Waals surface area contributed by atoms with E-state index in [1.54, 1.807) is 24.7 Å². The predicted octanol–water partition coefficient (Wildman–Crippen LogP) is 3.70. The van der Waals surface area contributed by atoms with E-state index in [2.05, 4.69) is 0 Å². The topological polar surface area (TPSA) is 66.8 Å². The van der Waals surface area contributed by atoms with Crippen LogP contribution in [0.15, 0.2) is 45.6 Å². The number of likely N-dealkylation sites (tertiary alicyclic amines) is 1. The molecular weight excluding hydrogens is 306 g/mol. The number of aryl methyl sites for hydroxylation is 1. The van der Waals surface area contributed by atoms with Crippen LogP contribution < -0.4 is 0 Å². The lowest BCUT2D eigenvalue weighted by atomic mass is 10.0. The molecule has 1 amide bonds. The summed E-state index contributed by atoms with van der Waals surface area (Å²) in [6.45, 7) is 0.770. The number of carbonyl (C=O) groups is 1. The maximum absolute atomic E-state index is 12.7. The molecule has 0 aromatic carbocycles. The molecule has 5 nitrogen and oxygen atoms in total. The maximum Gasteiger partial charge on any atom is 0.223 e. The average Bonchev–Trinajstić information content (AvgIpc) is 3.24. The minimum absolute atomic E-state index is 0.0664. The minimum Gasteiger partial charge on any atom is -0.469 e. The first-order valence-corrected chi connectivity index (χ1v) is 8.77. The van der Waals surface area contributed by atoms with Crippen LogP contribution in [-0.4, -0.2) is 28.5 Å². The second-order valence-corrected chi connectivity index (χ2v) is 6.44. The van der Waals surface area contributed by atoms with E-state index in [0.29, 0.717) is 25.0 Å². The number of hydrogen-bond donors (Lipinski definition) is 1. The van der Waals surface area contributed by atoms with E-state index < -0.39 is 6.10 Å². The highest BCUT2D eigenvalue weighted by Gasteiger charge is 2.28. The molecule has 2 atom stereocenters. The zero-order valence-corrected chi connectivity index (χ0v) is 13.9. The highest BCUT2D eigenvalue weighted by molar-refractivity contribution is 5.76. The van der Waals surface area contributed by atoms with Crippen molar-refractivity contribution in [3.05, 3.63) is 48.3 Å². The second kappa shape index (κ2) is 8.20. The SMILES string of the molecule is O=C(CCc1ccco1)N1CCCCCC1CC(O)c1ccco1. The first-order valence-electron chi connectivity index (χ1n) is 8.77. The van der Waals surface area contributed by atoms with E-state index >= 15 is 0 Å². The molecule has 2 aromatic rings. The molecule has 1 N–H and O–H groups in total. The summed E-state index contributed by atoms with van der Waals surface area (Å²) < 4.78 is 10.6. The van der Waals surface area contributed by atoms with Crippen molar-refractivity contribution in [2.45, 2.75) is 57.1 Å². The van der Waals surface area contributed by atoms with E-state index in [9.17, 15) is 9.90 Å². The zero-order chi connectivity index (χ0) is 16.8. The summed E-state index contributed by atoms with van der Waals surface area (Å²) in [7, 11) is 0. The molecule has 1 saturated heterocycles. The van der Waals surface area contributed by atoms with Gasteiger partial charge in [0.25, 0.3) is 0 Å². The van der Waals surface area contributed by atoms with Crippen LogP contribution in [0.2, 0.25) is 0 Å². The molecule has 0 aliphatic carbocycles. The fraction of sp³-hybridized carbons (Fsp3) is 0.526. The number of nitrogens with zero attached hydrogens (tertiary/aromatic N) is 1. The van der Waals surface area contributed by atoms with Crippen molar-refractivity contribution in [2.24, 2.45) is 0 Å². The Kier molecular flexibility index (Phi) is 5.75. The molecule has 24 heavy (non-hydrogen) atoms. The molecule has 0 saturated carbocycles. The van der Waals surface area contributed by atoms with E-state index in [1.165, 1.54) is 0 Å². The van der Waals surface area contributed by atoms with Crippen LogP contribution in [0.4, 0.5) is 0 Å². The number of amides is 1. The fourth-order valence-electron chi connectivity index (χ4n) is 3.43. The molecule has 130 valence electrons. The smallest absolute Gasteiger partial charge is 0.223 e. The highest BCUT2D eigenvalue weighted by atomic mass is 16.4. The molecule has 0 radical (unpaired) electrons. The number of aliphatic hydroxyl groups excluding tert-OH is 1. The van der Waals surface area contributed by atoms with E-state index in [1.807, 2.05) is 17.0 Å². The Bertz CT molecular complexity index is 605. The first-order chi connectivity index (χ1) is 11.7. The van der Waals surface area contributed by atoms with Crippen LogP contribution in [0.3, 0.4) is 0 Å². The Hall–Kier alpha value is -2.01. The molecule has 1 aliphatic rings. The normalized spacial score (nSPS) is 19.9. The van der Waals surface area contributed by atoms with Crippen molar-refractivity contribution in [1.82, 2.24) is 4.90 Å². The minimum atomic E-state index is -0.663. The van der Waals surface area contributed by atoms with Crippen molar-refractivity contribution in [3.63, 3.8) is 0 Å². The van der Waals surface area contributed by atoms with Crippen LogP contribution in [0.25, 0.3) is 0 Å². The fourth-order valence-corrected chi connectivity index (χ4v) is 3.43. The third kappa shape index (κ3) is 4.29. The van der Waals surface area contributed by atoms with E-state index in [0.717, 1.165) is 38.0 Å². The van der Waals surface area contributed by atoms with Crippen molar-refractivity contribution < 1.29 is 18.7 Å². The summed E-state index contributed by atoms with van der Waals surface area (Å²) in [4.78, 5) is 14.7. The van der Waals surface area contributed by atoms with Crippen molar-refractivity contribution >= 4 is 5.91 Å². The molecule has 3 rings (SSSR count). The standard InChI is InChI=1S/C19H25NO4/c21-17(18-8-5-13-24-18)14-15-6-2-1-3-11-20(15)19(22)10-9-16-7-4-12-23-16/h4-5,7-8,12-13,15,17,21H,1-3,6,9-11,14H2. The van der Waals surface area contributed by atoms with Gasteiger partial charge in [0.05, 0.1) is 12.5 Å². The van der Waals surface area contributed by atoms with Crippen LogP contribution in [-0.2, 0) is 11.2 Å². The summed E-state index contributed by atoms with van der Waals surface area (Å²) in [5.41, 5.74) is 0. The molecule has 0 spiro atoms. The molecule has 0 bridgehead atoms. The monoisotopic (exact) mass is 331 g/mol. The molecule has 2 unspecified atom stereocenters. The molecule has 2 aromatic heterocycles. The second-order valence-electron chi connectivity index (χ2n) is 6.44. The number of carbonyl (C=O) groups excluding carboxylic acids is 1. The van der Waals surface area contributed by atoms with Crippen molar-refractivity contribution in [3.8, 4) is 0 Å². The third-order valence-corrected chi connectivity index (χ3v) is 4.73. The van der Waals surface area contributed by atoms with Gasteiger partial charge >= 0.3 is 0 Å². The first kappa shape index (κ1) is 16.8. The van der Waals surface area contributed by atoms with Crippen LogP contribution in [0.5, 0.6) is 0 Å². The van der Waals surface area contributed by atoms with Gasteiger partial charge in [0.1, 0.15) is 17.6 Å². The van der Waals surface area contributed by atoms with Gasteiger partial charge in [-0.1, -0.05) is 12.8 Å². The van der Waals surface area contributed by atoms with Gasteiger partial charge in [-0.25, -0.2) is 0 Å². The van der Waals surface area contributed by atoms with Crippen LogP contribution in [0, 0.1) is 0 Å². The van der Waals surface area contributed by atoms with Gasteiger partial charge in [0, 0.05) is 31.8 Å². The van der Waals surface area contributed by atoms with E-state index in [-0.39, 0.29) is 11.9 Å². The largest absolute Gasteiger partial charge is 0.469 e. The summed E-state index contributed by atoms with van der Waals surface area (Å²) in [5, 5.41) is 10.4. The summed E-state index contributed by atoms with van der Waals surface area (Å²) in [6, 6.07) is 7.36. The zero-order valence-electron chi connectivity index (χ0n) is 13.9. The summed E-state index contributed by atoms with van der Waals surface area (Å²) in [5.74, 6) is 1.55. The van der Waals surface area contributed by atoms with Gasteiger partial charge < -0.3 is 18.8 Å². The van der Waals surface area contributed by atoms with Gasteiger partial charge in [0.15, 0.2) is 0 Å².